The number of rotatable bonds is 8. The van der Waals surface area contributed by atoms with Crippen molar-refractivity contribution < 1.29 is 32.3 Å². The molecule has 172 valence electrons. The predicted octanol–water partition coefficient (Wildman–Crippen LogP) is 1.77. The smallest absolute Gasteiger partial charge is 0.387 e. The van der Waals surface area contributed by atoms with Gasteiger partial charge in [0.25, 0.3) is 11.8 Å². The number of halogens is 3. The highest BCUT2D eigenvalue weighted by atomic mass is 19.3. The number of ether oxygens (including phenoxy) is 1. The molecule has 2 heterocycles. The molecule has 1 saturated heterocycles. The Morgan fingerprint density at radius 1 is 1.28 bits per heavy atom. The summed E-state index contributed by atoms with van der Waals surface area (Å²) in [7, 11) is 1.36. The number of benzene rings is 1. The van der Waals surface area contributed by atoms with Gasteiger partial charge >= 0.3 is 6.61 Å². The molecule has 0 saturated carbocycles. The number of H-pyrrole nitrogens is 1. The molecule has 1 aliphatic rings. The lowest BCUT2D eigenvalue weighted by molar-refractivity contribution is -0.121. The highest BCUT2D eigenvalue weighted by Gasteiger charge is 2.26. The summed E-state index contributed by atoms with van der Waals surface area (Å²) in [5, 5.41) is 2.36. The molecule has 3 amide bonds. The van der Waals surface area contributed by atoms with Crippen LogP contribution in [0.15, 0.2) is 24.4 Å². The summed E-state index contributed by atoms with van der Waals surface area (Å²) in [6.07, 6.45) is 2.92. The third-order valence-electron chi connectivity index (χ3n) is 4.90. The number of nitrogens with one attached hydrogen (secondary N) is 2. The molecule has 2 aromatic rings. The lowest BCUT2D eigenvalue weighted by Gasteiger charge is -2.22. The van der Waals surface area contributed by atoms with Gasteiger partial charge in [0, 0.05) is 25.7 Å². The summed E-state index contributed by atoms with van der Waals surface area (Å²) in [5.74, 6) is -2.70. The van der Waals surface area contributed by atoms with E-state index in [0.29, 0.717) is 13.1 Å². The fourth-order valence-corrected chi connectivity index (χ4v) is 3.32. The Labute approximate surface area is 181 Å². The maximum absolute atomic E-state index is 13.7. The van der Waals surface area contributed by atoms with Gasteiger partial charge in [0.05, 0.1) is 12.7 Å². The normalized spacial score (nSPS) is 13.3. The van der Waals surface area contributed by atoms with Crippen LogP contribution in [-0.2, 0) is 11.3 Å². The van der Waals surface area contributed by atoms with E-state index in [9.17, 15) is 27.6 Å². The Kier molecular flexibility index (Phi) is 7.33. The van der Waals surface area contributed by atoms with Crippen molar-refractivity contribution in [3.63, 3.8) is 0 Å². The first-order valence-corrected chi connectivity index (χ1v) is 9.86. The van der Waals surface area contributed by atoms with Crippen molar-refractivity contribution in [3.05, 3.63) is 47.3 Å². The second-order valence-corrected chi connectivity index (χ2v) is 7.11. The van der Waals surface area contributed by atoms with E-state index < -0.39 is 37.3 Å². The summed E-state index contributed by atoms with van der Waals surface area (Å²) in [6.45, 7) is -2.82. The van der Waals surface area contributed by atoms with Gasteiger partial charge in [-0.1, -0.05) is 0 Å². The second-order valence-electron chi connectivity index (χ2n) is 7.11. The summed E-state index contributed by atoms with van der Waals surface area (Å²) in [5.41, 5.74) is -0.139. The van der Waals surface area contributed by atoms with Crippen molar-refractivity contribution in [1.29, 1.82) is 0 Å². The molecule has 1 fully saturated rings. The minimum atomic E-state index is -3.16. The minimum Gasteiger partial charge on any atom is -0.434 e. The monoisotopic (exact) mass is 453 g/mol. The summed E-state index contributed by atoms with van der Waals surface area (Å²) >= 11 is 0. The number of hydrogen-bond donors (Lipinski definition) is 2. The molecule has 1 aromatic heterocycles. The van der Waals surface area contributed by atoms with Crippen molar-refractivity contribution in [3.8, 4) is 5.75 Å². The molecule has 0 radical (unpaired) electrons. The van der Waals surface area contributed by atoms with Gasteiger partial charge in [0.1, 0.15) is 23.8 Å². The average molecular weight is 453 g/mol. The molecule has 0 aliphatic carbocycles. The van der Waals surface area contributed by atoms with Crippen LogP contribution in [-0.4, -0.2) is 70.8 Å². The van der Waals surface area contributed by atoms with Crippen LogP contribution in [0.1, 0.15) is 39.5 Å². The molecule has 0 atom stereocenters. The van der Waals surface area contributed by atoms with Gasteiger partial charge in [-0.05, 0) is 31.0 Å². The van der Waals surface area contributed by atoms with Crippen molar-refractivity contribution in [2.45, 2.75) is 26.0 Å². The molecule has 12 heteroatoms. The van der Waals surface area contributed by atoms with Crippen molar-refractivity contribution in [2.24, 2.45) is 0 Å². The van der Waals surface area contributed by atoms with Gasteiger partial charge in [-0.3, -0.25) is 14.4 Å². The third kappa shape index (κ3) is 5.56. The second kappa shape index (κ2) is 10.2. The number of carbonyl (C=O) groups excluding carboxylic acids is 3. The molecular weight excluding hydrogens is 431 g/mol. The van der Waals surface area contributed by atoms with E-state index in [4.69, 9.17) is 0 Å². The highest BCUT2D eigenvalue weighted by molar-refractivity contribution is 5.97. The van der Waals surface area contributed by atoms with Crippen LogP contribution in [0.2, 0.25) is 0 Å². The zero-order chi connectivity index (χ0) is 23.3. The molecule has 2 N–H and O–H groups in total. The van der Waals surface area contributed by atoms with Crippen molar-refractivity contribution in [2.75, 3.05) is 26.7 Å². The first-order valence-electron chi connectivity index (χ1n) is 9.86. The Balaban J connectivity index is 1.85. The molecule has 3 rings (SSSR count). The third-order valence-corrected chi connectivity index (χ3v) is 4.90. The molecule has 0 unspecified atom stereocenters. The molecular formula is C20H22F3N5O4. The number of imidazole rings is 1. The number of alkyl halides is 2. The summed E-state index contributed by atoms with van der Waals surface area (Å²) < 4.78 is 43.6. The molecule has 32 heavy (non-hydrogen) atoms. The van der Waals surface area contributed by atoms with Crippen LogP contribution in [0.25, 0.3) is 0 Å². The number of likely N-dealkylation sites (N-methyl/N-ethyl adjacent to an activating group) is 1. The van der Waals surface area contributed by atoms with Gasteiger partial charge in [-0.2, -0.15) is 8.78 Å². The van der Waals surface area contributed by atoms with E-state index in [1.807, 2.05) is 0 Å². The first-order chi connectivity index (χ1) is 15.3. The average Bonchev–Trinajstić information content (AvgIpc) is 3.46. The van der Waals surface area contributed by atoms with Gasteiger partial charge < -0.3 is 24.8 Å². The Morgan fingerprint density at radius 2 is 2.00 bits per heavy atom. The molecule has 0 bridgehead atoms. The maximum Gasteiger partial charge on any atom is 0.387 e. The Hall–Kier alpha value is -3.57. The van der Waals surface area contributed by atoms with E-state index in [0.717, 1.165) is 42.1 Å². The SMILES string of the molecule is CNC(=O)CN(Cc1cc(F)ccc1OC(F)F)C(=O)c1cnc(C(=O)N2CCCC2)[nH]1. The van der Waals surface area contributed by atoms with Gasteiger partial charge in [-0.15, -0.1) is 0 Å². The van der Waals surface area contributed by atoms with Crippen LogP contribution in [0.5, 0.6) is 5.75 Å². The fourth-order valence-electron chi connectivity index (χ4n) is 3.32. The van der Waals surface area contributed by atoms with Gasteiger partial charge in [0.2, 0.25) is 5.91 Å². The Bertz CT molecular complexity index is 991. The molecule has 1 aromatic carbocycles. The quantitative estimate of drug-likeness (QED) is 0.634. The summed E-state index contributed by atoms with van der Waals surface area (Å²) in [4.78, 5) is 46.7. The van der Waals surface area contributed by atoms with Gasteiger partial charge in [-0.25, -0.2) is 9.37 Å². The zero-order valence-electron chi connectivity index (χ0n) is 17.2. The first kappa shape index (κ1) is 23.1. The van der Waals surface area contributed by atoms with Crippen LogP contribution in [0, 0.1) is 5.82 Å². The van der Waals surface area contributed by atoms with E-state index in [1.165, 1.54) is 7.05 Å². The van der Waals surface area contributed by atoms with Gasteiger partial charge in [0.15, 0.2) is 5.82 Å². The lowest BCUT2D eigenvalue weighted by Crippen LogP contribution is -2.39. The molecule has 0 spiro atoms. The maximum atomic E-state index is 13.7. The van der Waals surface area contributed by atoms with Crippen LogP contribution in [0.3, 0.4) is 0 Å². The number of carbonyl (C=O) groups is 3. The van der Waals surface area contributed by atoms with E-state index in [1.54, 1.807) is 4.90 Å². The van der Waals surface area contributed by atoms with Crippen LogP contribution >= 0.6 is 0 Å². The predicted molar refractivity (Wildman–Crippen MR) is 106 cm³/mol. The largest absolute Gasteiger partial charge is 0.434 e. The number of likely N-dealkylation sites (tertiary alicyclic amines) is 1. The number of amides is 3. The number of hydrogen-bond acceptors (Lipinski definition) is 5. The Morgan fingerprint density at radius 3 is 2.66 bits per heavy atom. The van der Waals surface area contributed by atoms with Crippen LogP contribution in [0.4, 0.5) is 13.2 Å². The number of nitrogens with zero attached hydrogens (tertiary/aromatic N) is 3. The molecule has 1 aliphatic heterocycles. The molecule has 9 nitrogen and oxygen atoms in total. The van der Waals surface area contributed by atoms with Crippen molar-refractivity contribution >= 4 is 17.7 Å². The standard InChI is InChI=1S/C20H22F3N5O4/c1-24-16(29)11-28(10-12-8-13(21)4-5-15(12)32-20(22)23)18(30)14-9-25-17(26-14)19(31)27-6-2-3-7-27/h4-5,8-9,20H,2-3,6-7,10-11H2,1H3,(H,24,29)(H,25,26). The van der Waals surface area contributed by atoms with Crippen LogP contribution < -0.4 is 10.1 Å². The van der Waals surface area contributed by atoms with E-state index in [2.05, 4.69) is 20.0 Å². The number of aromatic amines is 1. The van der Waals surface area contributed by atoms with E-state index in [-0.39, 0.29) is 28.7 Å². The van der Waals surface area contributed by atoms with E-state index >= 15 is 0 Å². The van der Waals surface area contributed by atoms with Crippen molar-refractivity contribution in [1.82, 2.24) is 25.1 Å². The fraction of sp³-hybridized carbons (Fsp3) is 0.400. The number of aromatic nitrogens is 2. The highest BCUT2D eigenvalue weighted by Crippen LogP contribution is 2.24. The zero-order valence-corrected chi connectivity index (χ0v) is 17.2. The lowest BCUT2D eigenvalue weighted by atomic mass is 10.1. The minimum absolute atomic E-state index is 0.0254. The topological polar surface area (TPSA) is 108 Å². The summed E-state index contributed by atoms with van der Waals surface area (Å²) in [6, 6.07) is 2.90.